The highest BCUT2D eigenvalue weighted by atomic mass is 32.2. The van der Waals surface area contributed by atoms with Gasteiger partial charge in [0.15, 0.2) is 6.10 Å². The first kappa shape index (κ1) is 21.8. The van der Waals surface area contributed by atoms with E-state index in [0.717, 1.165) is 9.87 Å². The van der Waals surface area contributed by atoms with Gasteiger partial charge in [0.05, 0.1) is 17.1 Å². The molecule has 0 unspecified atom stereocenters. The highest BCUT2D eigenvalue weighted by Gasteiger charge is 2.31. The minimum atomic E-state index is -3.96. The van der Waals surface area contributed by atoms with Crippen molar-refractivity contribution in [1.82, 2.24) is 4.31 Å². The molecule has 0 aliphatic carbocycles. The lowest BCUT2D eigenvalue weighted by Crippen LogP contribution is -2.37. The molecule has 0 spiro atoms. The highest BCUT2D eigenvalue weighted by molar-refractivity contribution is 7.89. The van der Waals surface area contributed by atoms with Crippen molar-refractivity contribution in [3.8, 4) is 5.75 Å². The topological polar surface area (TPSA) is 105 Å². The first-order valence-corrected chi connectivity index (χ1v) is 11.0. The van der Waals surface area contributed by atoms with Gasteiger partial charge in [-0.15, -0.1) is 0 Å². The molecule has 3 rings (SSSR count). The number of carbonyl (C=O) groups excluding carboxylic acids is 2. The van der Waals surface area contributed by atoms with Gasteiger partial charge >= 0.3 is 0 Å². The Morgan fingerprint density at radius 2 is 1.90 bits per heavy atom. The first-order chi connectivity index (χ1) is 14.1. The number of amides is 2. The number of anilines is 2. The van der Waals surface area contributed by atoms with E-state index in [1.807, 2.05) is 26.0 Å². The summed E-state index contributed by atoms with van der Waals surface area (Å²) >= 11 is 0. The summed E-state index contributed by atoms with van der Waals surface area (Å²) in [6.07, 6.45) is -0.214. The van der Waals surface area contributed by atoms with Crippen molar-refractivity contribution >= 4 is 33.2 Å². The first-order valence-electron chi connectivity index (χ1n) is 9.57. The van der Waals surface area contributed by atoms with Crippen LogP contribution in [0.2, 0.25) is 0 Å². The lowest BCUT2D eigenvalue weighted by molar-refractivity contribution is -0.123. The van der Waals surface area contributed by atoms with Gasteiger partial charge in [-0.2, -0.15) is 4.31 Å². The Morgan fingerprint density at radius 3 is 2.57 bits per heavy atom. The molecule has 1 aliphatic heterocycles. The van der Waals surface area contributed by atoms with Crippen molar-refractivity contribution in [1.29, 1.82) is 0 Å². The van der Waals surface area contributed by atoms with E-state index in [1.165, 1.54) is 13.1 Å². The van der Waals surface area contributed by atoms with Crippen LogP contribution in [0.1, 0.15) is 24.5 Å². The average molecular weight is 432 g/mol. The lowest BCUT2D eigenvalue weighted by atomic mass is 10.1. The zero-order valence-electron chi connectivity index (χ0n) is 17.4. The van der Waals surface area contributed by atoms with Gasteiger partial charge in [-0.3, -0.25) is 9.59 Å². The van der Waals surface area contributed by atoms with E-state index in [4.69, 9.17) is 4.74 Å². The molecule has 2 N–H and O–H groups in total. The molecule has 160 valence electrons. The second kappa shape index (κ2) is 8.45. The summed E-state index contributed by atoms with van der Waals surface area (Å²) in [5.41, 5.74) is 2.39. The fraction of sp³-hybridized carbons (Fsp3) is 0.333. The number of aryl methyl sites for hydroxylation is 2. The summed E-state index contributed by atoms with van der Waals surface area (Å²) in [6, 6.07) is 10.2. The number of sulfonamides is 1. The second-order valence-electron chi connectivity index (χ2n) is 7.24. The van der Waals surface area contributed by atoms with E-state index in [2.05, 4.69) is 10.6 Å². The van der Waals surface area contributed by atoms with Gasteiger partial charge in [0, 0.05) is 18.8 Å². The van der Waals surface area contributed by atoms with Gasteiger partial charge in [-0.25, -0.2) is 8.42 Å². The third-order valence-electron chi connectivity index (χ3n) is 4.94. The van der Waals surface area contributed by atoms with Crippen molar-refractivity contribution in [3.63, 3.8) is 0 Å². The standard InChI is InChI=1S/C21H25N3O5S/c1-5-17-21(26)23-16-10-14(3)19(11-18(16)29-17)30(27,28)24(4)12-20(25)22-15-9-7-6-8-13(15)2/h6-11,17H,5,12H2,1-4H3,(H,22,25)(H,23,26)/t17-/m0/s1. The van der Waals surface area contributed by atoms with Crippen LogP contribution in [0.4, 0.5) is 11.4 Å². The molecular formula is C21H25N3O5S. The monoisotopic (exact) mass is 431 g/mol. The van der Waals surface area contributed by atoms with E-state index < -0.39 is 22.0 Å². The van der Waals surface area contributed by atoms with Crippen LogP contribution in [0.15, 0.2) is 41.3 Å². The molecule has 0 bridgehead atoms. The normalized spacial score (nSPS) is 15.9. The lowest BCUT2D eigenvalue weighted by Gasteiger charge is -2.27. The molecule has 0 radical (unpaired) electrons. The van der Waals surface area contributed by atoms with Crippen LogP contribution >= 0.6 is 0 Å². The number of nitrogens with zero attached hydrogens (tertiary/aromatic N) is 1. The Kier molecular flexibility index (Phi) is 6.14. The summed E-state index contributed by atoms with van der Waals surface area (Å²) in [6.45, 7) is 4.95. The van der Waals surface area contributed by atoms with Crippen LogP contribution in [-0.4, -0.2) is 44.2 Å². The van der Waals surface area contributed by atoms with E-state index in [-0.39, 0.29) is 17.3 Å². The van der Waals surface area contributed by atoms with Crippen LogP contribution in [0, 0.1) is 13.8 Å². The van der Waals surface area contributed by atoms with Crippen molar-refractivity contribution in [2.24, 2.45) is 0 Å². The Hall–Kier alpha value is -2.91. The summed E-state index contributed by atoms with van der Waals surface area (Å²) in [5.74, 6) is -0.408. The largest absolute Gasteiger partial charge is 0.478 e. The summed E-state index contributed by atoms with van der Waals surface area (Å²) < 4.78 is 32.9. The molecule has 9 heteroatoms. The number of para-hydroxylation sites is 1. The van der Waals surface area contributed by atoms with Crippen molar-refractivity contribution in [2.45, 2.75) is 38.2 Å². The molecule has 1 atom stereocenters. The Balaban J connectivity index is 1.82. The zero-order chi connectivity index (χ0) is 22.1. The molecule has 2 aromatic rings. The fourth-order valence-electron chi connectivity index (χ4n) is 3.19. The van der Waals surface area contributed by atoms with E-state index >= 15 is 0 Å². The summed E-state index contributed by atoms with van der Waals surface area (Å²) in [7, 11) is -2.61. The smallest absolute Gasteiger partial charge is 0.265 e. The van der Waals surface area contributed by atoms with Gasteiger partial charge < -0.3 is 15.4 Å². The Bertz CT molecular complexity index is 1100. The van der Waals surface area contributed by atoms with Gasteiger partial charge in [0.2, 0.25) is 15.9 Å². The molecule has 8 nitrogen and oxygen atoms in total. The molecular weight excluding hydrogens is 406 g/mol. The predicted octanol–water partition coefficient (Wildman–Crippen LogP) is 2.67. The molecule has 0 aromatic heterocycles. The Morgan fingerprint density at radius 1 is 1.20 bits per heavy atom. The minimum absolute atomic E-state index is 0.0263. The van der Waals surface area contributed by atoms with Gasteiger partial charge in [-0.05, 0) is 43.5 Å². The van der Waals surface area contributed by atoms with Crippen molar-refractivity contribution in [3.05, 3.63) is 47.5 Å². The molecule has 1 heterocycles. The third-order valence-corrected chi connectivity index (χ3v) is 6.89. The van der Waals surface area contributed by atoms with Gasteiger partial charge in [0.25, 0.3) is 5.91 Å². The minimum Gasteiger partial charge on any atom is -0.478 e. The maximum Gasteiger partial charge on any atom is 0.265 e. The number of hydrogen-bond donors (Lipinski definition) is 2. The molecule has 2 amide bonds. The number of carbonyl (C=O) groups is 2. The van der Waals surface area contributed by atoms with Crippen LogP contribution < -0.4 is 15.4 Å². The molecule has 1 aliphatic rings. The predicted molar refractivity (Wildman–Crippen MR) is 114 cm³/mol. The SMILES string of the molecule is CC[C@@H]1Oc2cc(S(=O)(=O)N(C)CC(=O)Nc3ccccc3C)c(C)cc2NC1=O. The summed E-state index contributed by atoms with van der Waals surface area (Å²) in [5, 5.41) is 5.47. The second-order valence-corrected chi connectivity index (χ2v) is 9.26. The zero-order valence-corrected chi connectivity index (χ0v) is 18.2. The Labute approximate surface area is 176 Å². The van der Waals surface area contributed by atoms with E-state index in [9.17, 15) is 18.0 Å². The number of rotatable bonds is 6. The molecule has 2 aromatic carbocycles. The number of likely N-dealkylation sites (N-methyl/N-ethyl adjacent to an activating group) is 1. The average Bonchev–Trinajstić information content (AvgIpc) is 2.68. The number of ether oxygens (including phenoxy) is 1. The van der Waals surface area contributed by atoms with Crippen molar-refractivity contribution in [2.75, 3.05) is 24.2 Å². The number of nitrogens with one attached hydrogen (secondary N) is 2. The number of hydrogen-bond acceptors (Lipinski definition) is 5. The summed E-state index contributed by atoms with van der Waals surface area (Å²) in [4.78, 5) is 24.4. The van der Waals surface area contributed by atoms with E-state index in [1.54, 1.807) is 25.1 Å². The van der Waals surface area contributed by atoms with Crippen LogP contribution in [0.25, 0.3) is 0 Å². The van der Waals surface area contributed by atoms with Crippen LogP contribution in [0.3, 0.4) is 0 Å². The van der Waals surface area contributed by atoms with Crippen LogP contribution in [-0.2, 0) is 19.6 Å². The molecule has 30 heavy (non-hydrogen) atoms. The van der Waals surface area contributed by atoms with Gasteiger partial charge in [0.1, 0.15) is 5.75 Å². The van der Waals surface area contributed by atoms with Gasteiger partial charge in [-0.1, -0.05) is 25.1 Å². The maximum absolute atomic E-state index is 13.1. The maximum atomic E-state index is 13.1. The quantitative estimate of drug-likeness (QED) is 0.732. The third kappa shape index (κ3) is 4.31. The fourth-order valence-corrected chi connectivity index (χ4v) is 4.53. The molecule has 0 fully saturated rings. The number of benzene rings is 2. The molecule has 0 saturated carbocycles. The highest BCUT2D eigenvalue weighted by Crippen LogP contribution is 2.35. The molecule has 0 saturated heterocycles. The van der Waals surface area contributed by atoms with Crippen LogP contribution in [0.5, 0.6) is 5.75 Å². The van der Waals surface area contributed by atoms with Crippen molar-refractivity contribution < 1.29 is 22.7 Å². The van der Waals surface area contributed by atoms with E-state index in [0.29, 0.717) is 29.1 Å². The number of fused-ring (bicyclic) bond motifs is 1.